The first-order chi connectivity index (χ1) is 11.5. The van der Waals surface area contributed by atoms with Crippen LogP contribution in [0.15, 0.2) is 47.4 Å². The molecule has 2 aromatic carbocycles. The van der Waals surface area contributed by atoms with Gasteiger partial charge in [-0.2, -0.15) is 0 Å². The Morgan fingerprint density at radius 2 is 2.00 bits per heavy atom. The van der Waals surface area contributed by atoms with Gasteiger partial charge in [0.2, 0.25) is 5.91 Å². The van der Waals surface area contributed by atoms with Crippen LogP contribution in [0.4, 0.5) is 8.78 Å². The van der Waals surface area contributed by atoms with Crippen molar-refractivity contribution in [3.8, 4) is 0 Å². The first-order valence-electron chi connectivity index (χ1n) is 8.04. The number of aryl methyl sites for hydroxylation is 1. The van der Waals surface area contributed by atoms with Crippen LogP contribution >= 0.6 is 11.8 Å². The zero-order chi connectivity index (χ0) is 17.1. The Morgan fingerprint density at radius 3 is 2.79 bits per heavy atom. The number of carbonyl (C=O) groups is 1. The number of thioether (sulfide) groups is 1. The van der Waals surface area contributed by atoms with Gasteiger partial charge in [-0.3, -0.25) is 4.79 Å². The molecule has 0 aliphatic heterocycles. The van der Waals surface area contributed by atoms with E-state index >= 15 is 0 Å². The molecule has 3 rings (SSSR count). The molecule has 0 aromatic heterocycles. The summed E-state index contributed by atoms with van der Waals surface area (Å²) in [6.07, 6.45) is 3.01. The lowest BCUT2D eigenvalue weighted by molar-refractivity contribution is -0.121. The Morgan fingerprint density at radius 1 is 1.21 bits per heavy atom. The van der Waals surface area contributed by atoms with Gasteiger partial charge in [0.25, 0.3) is 0 Å². The fourth-order valence-corrected chi connectivity index (χ4v) is 3.90. The maximum absolute atomic E-state index is 13.3. The van der Waals surface area contributed by atoms with Crippen molar-refractivity contribution < 1.29 is 13.6 Å². The summed E-state index contributed by atoms with van der Waals surface area (Å²) in [6, 6.07) is 11.9. The first-order valence-corrected chi connectivity index (χ1v) is 8.92. The predicted molar refractivity (Wildman–Crippen MR) is 91.9 cm³/mol. The highest BCUT2D eigenvalue weighted by atomic mass is 32.2. The molecule has 0 heterocycles. The fraction of sp³-hybridized carbons (Fsp3) is 0.316. The van der Waals surface area contributed by atoms with Gasteiger partial charge in [0.05, 0.1) is 11.3 Å². The topological polar surface area (TPSA) is 29.1 Å². The van der Waals surface area contributed by atoms with E-state index in [0.717, 1.165) is 31.4 Å². The number of benzene rings is 2. The van der Waals surface area contributed by atoms with Gasteiger partial charge in [0, 0.05) is 4.90 Å². The molecule has 5 heteroatoms. The van der Waals surface area contributed by atoms with Gasteiger partial charge in [-0.1, -0.05) is 24.3 Å². The summed E-state index contributed by atoms with van der Waals surface area (Å²) >= 11 is 1.23. The lowest BCUT2D eigenvalue weighted by atomic mass is 9.88. The van der Waals surface area contributed by atoms with Crippen LogP contribution < -0.4 is 5.32 Å². The smallest absolute Gasteiger partial charge is 0.233 e. The van der Waals surface area contributed by atoms with E-state index in [4.69, 9.17) is 0 Å². The molecule has 0 unspecified atom stereocenters. The molecule has 24 heavy (non-hydrogen) atoms. The molecule has 0 fully saturated rings. The van der Waals surface area contributed by atoms with Crippen LogP contribution in [0.3, 0.4) is 0 Å². The highest BCUT2D eigenvalue weighted by molar-refractivity contribution is 8.00. The number of carbonyl (C=O) groups excluding carboxylic acids is 1. The van der Waals surface area contributed by atoms with Crippen molar-refractivity contribution >= 4 is 17.7 Å². The normalized spacial score (nSPS) is 17.9. The Kier molecular flexibility index (Phi) is 5.19. The first kappa shape index (κ1) is 17.0. The molecular formula is C19H19F2NOS. The number of nitrogens with one attached hydrogen (secondary N) is 1. The van der Waals surface area contributed by atoms with Gasteiger partial charge >= 0.3 is 0 Å². The minimum atomic E-state index is -0.895. The van der Waals surface area contributed by atoms with Crippen LogP contribution in [-0.2, 0) is 11.2 Å². The van der Waals surface area contributed by atoms with E-state index in [9.17, 15) is 13.6 Å². The number of amides is 1. The van der Waals surface area contributed by atoms with Crippen LogP contribution in [-0.4, -0.2) is 11.2 Å². The third-order valence-electron chi connectivity index (χ3n) is 4.26. The van der Waals surface area contributed by atoms with Crippen molar-refractivity contribution in [3.05, 3.63) is 65.2 Å². The van der Waals surface area contributed by atoms with Crippen LogP contribution in [0.5, 0.6) is 0 Å². The van der Waals surface area contributed by atoms with Gasteiger partial charge in [0.1, 0.15) is 0 Å². The summed E-state index contributed by atoms with van der Waals surface area (Å²) < 4.78 is 26.3. The molecule has 0 radical (unpaired) electrons. The Bertz CT molecular complexity index is 750. The van der Waals surface area contributed by atoms with Crippen LogP contribution in [0.25, 0.3) is 0 Å². The zero-order valence-corrected chi connectivity index (χ0v) is 14.2. The molecule has 2 nitrogen and oxygen atoms in total. The van der Waals surface area contributed by atoms with Crippen molar-refractivity contribution in [1.29, 1.82) is 0 Å². The van der Waals surface area contributed by atoms with E-state index in [1.54, 1.807) is 6.92 Å². The van der Waals surface area contributed by atoms with Gasteiger partial charge in [0.15, 0.2) is 11.6 Å². The lowest BCUT2D eigenvalue weighted by Gasteiger charge is -2.27. The summed E-state index contributed by atoms with van der Waals surface area (Å²) in [6.45, 7) is 1.77. The molecule has 0 bridgehead atoms. The van der Waals surface area contributed by atoms with Crippen molar-refractivity contribution in [3.63, 3.8) is 0 Å². The van der Waals surface area contributed by atoms with E-state index in [0.29, 0.717) is 4.90 Å². The second kappa shape index (κ2) is 7.34. The van der Waals surface area contributed by atoms with Crippen molar-refractivity contribution in [2.24, 2.45) is 0 Å². The molecule has 126 valence electrons. The molecule has 1 amide bonds. The summed E-state index contributed by atoms with van der Waals surface area (Å²) in [5.74, 6) is -1.87. The molecule has 2 atom stereocenters. The monoisotopic (exact) mass is 347 g/mol. The minimum absolute atomic E-state index is 0.0236. The fourth-order valence-electron chi connectivity index (χ4n) is 3.00. The SMILES string of the molecule is C[C@H](Sc1ccc(F)c(F)c1)C(=O)N[C@@H]1CCCc2ccccc21. The molecule has 2 aromatic rings. The van der Waals surface area contributed by atoms with Gasteiger partial charge in [-0.25, -0.2) is 8.78 Å². The second-order valence-corrected chi connectivity index (χ2v) is 7.40. The Balaban J connectivity index is 1.65. The van der Waals surface area contributed by atoms with Crippen molar-refractivity contribution in [1.82, 2.24) is 5.32 Å². The third-order valence-corrected chi connectivity index (χ3v) is 5.35. The van der Waals surface area contributed by atoms with E-state index in [-0.39, 0.29) is 17.2 Å². The number of halogens is 2. The Labute approximate surface area is 144 Å². The molecular weight excluding hydrogens is 328 g/mol. The molecule has 0 saturated carbocycles. The average molecular weight is 347 g/mol. The molecule has 1 aliphatic carbocycles. The van der Waals surface area contributed by atoms with Crippen LogP contribution in [0.2, 0.25) is 0 Å². The third kappa shape index (κ3) is 3.78. The Hall–Kier alpha value is -1.88. The van der Waals surface area contributed by atoms with E-state index < -0.39 is 11.6 Å². The number of hydrogen-bond donors (Lipinski definition) is 1. The maximum atomic E-state index is 13.3. The highest BCUT2D eigenvalue weighted by Gasteiger charge is 2.24. The quantitative estimate of drug-likeness (QED) is 0.817. The van der Waals surface area contributed by atoms with Crippen LogP contribution in [0, 0.1) is 11.6 Å². The molecule has 0 saturated heterocycles. The average Bonchev–Trinajstić information content (AvgIpc) is 2.58. The minimum Gasteiger partial charge on any atom is -0.348 e. The number of fused-ring (bicyclic) bond motifs is 1. The summed E-state index contributed by atoms with van der Waals surface area (Å²) in [5.41, 5.74) is 2.47. The van der Waals surface area contributed by atoms with E-state index in [1.807, 2.05) is 12.1 Å². The second-order valence-electron chi connectivity index (χ2n) is 5.99. The van der Waals surface area contributed by atoms with Gasteiger partial charge in [-0.15, -0.1) is 11.8 Å². The summed E-state index contributed by atoms with van der Waals surface area (Å²) in [5, 5.41) is 2.71. The molecule has 1 N–H and O–H groups in total. The highest BCUT2D eigenvalue weighted by Crippen LogP contribution is 2.31. The molecule has 0 spiro atoms. The maximum Gasteiger partial charge on any atom is 0.233 e. The van der Waals surface area contributed by atoms with Gasteiger partial charge < -0.3 is 5.32 Å². The molecule has 1 aliphatic rings. The summed E-state index contributed by atoms with van der Waals surface area (Å²) in [7, 11) is 0. The zero-order valence-electron chi connectivity index (χ0n) is 13.4. The standard InChI is InChI=1S/C19H19F2NOS/c1-12(24-14-9-10-16(20)17(21)11-14)19(23)22-18-8-4-6-13-5-2-3-7-15(13)18/h2-3,5,7,9-12,18H,4,6,8H2,1H3,(H,22,23)/t12-,18+/m0/s1. The summed E-state index contributed by atoms with van der Waals surface area (Å²) in [4.78, 5) is 13.0. The number of rotatable bonds is 4. The van der Waals surface area contributed by atoms with Gasteiger partial charge in [-0.05, 0) is 55.5 Å². The number of hydrogen-bond acceptors (Lipinski definition) is 2. The van der Waals surface area contributed by atoms with Crippen LogP contribution in [0.1, 0.15) is 36.9 Å². The predicted octanol–water partition coefficient (Wildman–Crippen LogP) is 4.64. The largest absolute Gasteiger partial charge is 0.348 e. The van der Waals surface area contributed by atoms with E-state index in [1.165, 1.54) is 29.0 Å². The van der Waals surface area contributed by atoms with Crippen molar-refractivity contribution in [2.45, 2.75) is 42.4 Å². The van der Waals surface area contributed by atoms with Crippen molar-refractivity contribution in [2.75, 3.05) is 0 Å². The lowest BCUT2D eigenvalue weighted by Crippen LogP contribution is -2.35. The van der Waals surface area contributed by atoms with E-state index in [2.05, 4.69) is 17.4 Å².